The Kier molecular flexibility index (Phi) is 5.40. The van der Waals surface area contributed by atoms with Crippen LogP contribution in [0.25, 0.3) is 0 Å². The number of amides is 2. The van der Waals surface area contributed by atoms with Gasteiger partial charge in [0.2, 0.25) is 11.0 Å². The largest absolute Gasteiger partial charge is 0.312 e. The molecule has 1 fully saturated rings. The van der Waals surface area contributed by atoms with Crippen LogP contribution in [0.5, 0.6) is 0 Å². The molecule has 28 heavy (non-hydrogen) atoms. The molecule has 1 N–H and O–H groups in total. The minimum absolute atomic E-state index is 0.0196. The van der Waals surface area contributed by atoms with Crippen LogP contribution < -0.4 is 10.2 Å². The van der Waals surface area contributed by atoms with Crippen molar-refractivity contribution in [2.24, 2.45) is 0 Å². The lowest BCUT2D eigenvalue weighted by molar-refractivity contribution is -0.117. The Morgan fingerprint density at radius 2 is 2.04 bits per heavy atom. The molecule has 6 nitrogen and oxygen atoms in total. The van der Waals surface area contributed by atoms with E-state index in [0.29, 0.717) is 23.7 Å². The Bertz CT molecular complexity index is 1050. The number of hydrogen-bond donors (Lipinski definition) is 1. The number of rotatable bonds is 4. The SMILES string of the molecule is Cc1cccc(N2CC(c3nnc(NC(=O)c4cccc(I)c4)s3)CC2=O)c1. The Labute approximate surface area is 180 Å². The second kappa shape index (κ2) is 7.96. The van der Waals surface area contributed by atoms with E-state index >= 15 is 0 Å². The molecule has 1 aromatic heterocycles. The van der Waals surface area contributed by atoms with Gasteiger partial charge in [-0.2, -0.15) is 0 Å². The van der Waals surface area contributed by atoms with Gasteiger partial charge in [-0.05, 0) is 65.4 Å². The van der Waals surface area contributed by atoms with Crippen LogP contribution in [-0.2, 0) is 4.79 Å². The van der Waals surface area contributed by atoms with Crippen molar-refractivity contribution in [3.05, 3.63) is 68.2 Å². The molecule has 1 aliphatic rings. The number of aromatic nitrogens is 2. The molecule has 1 unspecified atom stereocenters. The minimum Gasteiger partial charge on any atom is -0.312 e. The van der Waals surface area contributed by atoms with Gasteiger partial charge in [0.15, 0.2) is 0 Å². The van der Waals surface area contributed by atoms with E-state index in [1.807, 2.05) is 49.4 Å². The summed E-state index contributed by atoms with van der Waals surface area (Å²) in [6.07, 6.45) is 0.396. The third kappa shape index (κ3) is 4.07. The van der Waals surface area contributed by atoms with E-state index < -0.39 is 0 Å². The summed E-state index contributed by atoms with van der Waals surface area (Å²) in [5.74, 6) is -0.158. The lowest BCUT2D eigenvalue weighted by Gasteiger charge is -2.16. The zero-order chi connectivity index (χ0) is 19.7. The Morgan fingerprint density at radius 3 is 2.82 bits per heavy atom. The van der Waals surface area contributed by atoms with Crippen LogP contribution >= 0.6 is 33.9 Å². The van der Waals surface area contributed by atoms with E-state index in [9.17, 15) is 9.59 Å². The lowest BCUT2D eigenvalue weighted by atomic mass is 10.1. The fraction of sp³-hybridized carbons (Fsp3) is 0.200. The number of aryl methyl sites for hydroxylation is 1. The van der Waals surface area contributed by atoms with Crippen molar-refractivity contribution in [2.75, 3.05) is 16.8 Å². The molecule has 0 bridgehead atoms. The summed E-state index contributed by atoms with van der Waals surface area (Å²) in [4.78, 5) is 26.7. The maximum atomic E-state index is 12.5. The van der Waals surface area contributed by atoms with Crippen molar-refractivity contribution in [1.82, 2.24) is 10.2 Å². The summed E-state index contributed by atoms with van der Waals surface area (Å²) in [7, 11) is 0. The van der Waals surface area contributed by atoms with Crippen molar-refractivity contribution >= 4 is 56.6 Å². The van der Waals surface area contributed by atoms with Crippen molar-refractivity contribution in [3.8, 4) is 0 Å². The topological polar surface area (TPSA) is 75.2 Å². The average Bonchev–Trinajstić information content (AvgIpc) is 3.28. The average molecular weight is 504 g/mol. The van der Waals surface area contributed by atoms with Gasteiger partial charge in [-0.15, -0.1) is 10.2 Å². The minimum atomic E-state index is -0.217. The van der Waals surface area contributed by atoms with Crippen LogP contribution in [0.15, 0.2) is 48.5 Å². The first-order valence-corrected chi connectivity index (χ1v) is 10.7. The highest BCUT2D eigenvalue weighted by Crippen LogP contribution is 2.34. The molecule has 0 spiro atoms. The summed E-state index contributed by atoms with van der Waals surface area (Å²) < 4.78 is 0.990. The molecule has 2 heterocycles. The maximum absolute atomic E-state index is 12.5. The second-order valence-electron chi connectivity index (χ2n) is 6.65. The van der Waals surface area contributed by atoms with Gasteiger partial charge in [-0.25, -0.2) is 0 Å². The van der Waals surface area contributed by atoms with Gasteiger partial charge in [0, 0.05) is 33.7 Å². The van der Waals surface area contributed by atoms with E-state index in [1.165, 1.54) is 11.3 Å². The van der Waals surface area contributed by atoms with Crippen LogP contribution in [0.1, 0.15) is 33.3 Å². The first-order chi connectivity index (χ1) is 13.5. The van der Waals surface area contributed by atoms with E-state index in [2.05, 4.69) is 38.1 Å². The van der Waals surface area contributed by atoms with Crippen molar-refractivity contribution < 1.29 is 9.59 Å². The van der Waals surface area contributed by atoms with Crippen LogP contribution in [0.2, 0.25) is 0 Å². The van der Waals surface area contributed by atoms with Crippen LogP contribution in [0.4, 0.5) is 10.8 Å². The summed E-state index contributed by atoms with van der Waals surface area (Å²) in [6, 6.07) is 15.3. The summed E-state index contributed by atoms with van der Waals surface area (Å²) >= 11 is 3.49. The number of hydrogen-bond acceptors (Lipinski definition) is 5. The van der Waals surface area contributed by atoms with Gasteiger partial charge in [-0.1, -0.05) is 29.5 Å². The van der Waals surface area contributed by atoms with E-state index in [0.717, 1.165) is 19.8 Å². The number of benzene rings is 2. The van der Waals surface area contributed by atoms with Gasteiger partial charge in [-0.3, -0.25) is 14.9 Å². The quantitative estimate of drug-likeness (QED) is 0.540. The second-order valence-corrected chi connectivity index (χ2v) is 8.91. The predicted octanol–water partition coefficient (Wildman–Crippen LogP) is 4.22. The highest BCUT2D eigenvalue weighted by molar-refractivity contribution is 14.1. The molecule has 4 rings (SSSR count). The van der Waals surface area contributed by atoms with E-state index in [4.69, 9.17) is 0 Å². The molecule has 0 saturated carbocycles. The lowest BCUT2D eigenvalue weighted by Crippen LogP contribution is -2.24. The number of carbonyl (C=O) groups is 2. The molecule has 2 aromatic carbocycles. The number of nitrogens with zero attached hydrogens (tertiary/aromatic N) is 3. The highest BCUT2D eigenvalue weighted by atomic mass is 127. The molecule has 0 aliphatic carbocycles. The molecule has 142 valence electrons. The van der Waals surface area contributed by atoms with E-state index in [-0.39, 0.29) is 17.7 Å². The summed E-state index contributed by atoms with van der Waals surface area (Å²) in [5, 5.41) is 12.3. The fourth-order valence-corrected chi connectivity index (χ4v) is 4.54. The zero-order valence-corrected chi connectivity index (χ0v) is 18.0. The smallest absolute Gasteiger partial charge is 0.257 e. The Balaban J connectivity index is 1.46. The number of nitrogens with one attached hydrogen (secondary N) is 1. The van der Waals surface area contributed by atoms with Crippen molar-refractivity contribution in [3.63, 3.8) is 0 Å². The van der Waals surface area contributed by atoms with E-state index in [1.54, 1.807) is 11.0 Å². The standard InChI is InChI=1S/C20H17IN4O2S/c1-12-4-2-7-16(8-12)25-11-14(10-17(25)26)19-23-24-20(28-19)22-18(27)13-5-3-6-15(21)9-13/h2-9,14H,10-11H2,1H3,(H,22,24,27). The number of carbonyl (C=O) groups excluding carboxylic acids is 2. The molecule has 1 aliphatic heterocycles. The molecular formula is C20H17IN4O2S. The number of anilines is 2. The normalized spacial score (nSPS) is 16.4. The highest BCUT2D eigenvalue weighted by Gasteiger charge is 2.34. The van der Waals surface area contributed by atoms with Gasteiger partial charge >= 0.3 is 0 Å². The predicted molar refractivity (Wildman–Crippen MR) is 118 cm³/mol. The molecule has 1 atom stereocenters. The van der Waals surface area contributed by atoms with Gasteiger partial charge < -0.3 is 4.90 Å². The van der Waals surface area contributed by atoms with Crippen LogP contribution in [0.3, 0.4) is 0 Å². The first-order valence-electron chi connectivity index (χ1n) is 8.77. The molecule has 2 amide bonds. The molecule has 8 heteroatoms. The molecule has 3 aromatic rings. The van der Waals surface area contributed by atoms with Crippen molar-refractivity contribution in [1.29, 1.82) is 0 Å². The summed E-state index contributed by atoms with van der Waals surface area (Å²) in [6.45, 7) is 2.58. The van der Waals surface area contributed by atoms with Crippen LogP contribution in [-0.4, -0.2) is 28.6 Å². The van der Waals surface area contributed by atoms with Gasteiger partial charge in [0.25, 0.3) is 5.91 Å². The molecule has 0 radical (unpaired) electrons. The third-order valence-electron chi connectivity index (χ3n) is 4.54. The Hall–Kier alpha value is -2.33. The molecular weight excluding hydrogens is 487 g/mol. The summed E-state index contributed by atoms with van der Waals surface area (Å²) in [5.41, 5.74) is 2.60. The third-order valence-corrected chi connectivity index (χ3v) is 6.21. The Morgan fingerprint density at radius 1 is 1.21 bits per heavy atom. The first kappa shape index (κ1) is 19.0. The van der Waals surface area contributed by atoms with Gasteiger partial charge in [0.05, 0.1) is 0 Å². The zero-order valence-electron chi connectivity index (χ0n) is 15.1. The van der Waals surface area contributed by atoms with Gasteiger partial charge in [0.1, 0.15) is 5.01 Å². The fourth-order valence-electron chi connectivity index (χ4n) is 3.17. The maximum Gasteiger partial charge on any atom is 0.257 e. The number of halogens is 1. The van der Waals surface area contributed by atoms with Crippen molar-refractivity contribution in [2.45, 2.75) is 19.3 Å². The molecule has 1 saturated heterocycles. The van der Waals surface area contributed by atoms with Crippen LogP contribution in [0, 0.1) is 10.5 Å². The monoisotopic (exact) mass is 504 g/mol.